The van der Waals surface area contributed by atoms with Crippen molar-refractivity contribution >= 4 is 11.2 Å². The maximum Gasteiger partial charge on any atom is 0.332 e. The Hall–Kier alpha value is -4.01. The third kappa shape index (κ3) is 3.20. The highest BCUT2D eigenvalue weighted by molar-refractivity contribution is 5.70. The summed E-state index contributed by atoms with van der Waals surface area (Å²) >= 11 is 0. The zero-order valence-electron chi connectivity index (χ0n) is 16.4. The fraction of sp³-hybridized carbons (Fsp3) is 0.190. The summed E-state index contributed by atoms with van der Waals surface area (Å²) in [7, 11) is 1.53. The first-order chi connectivity index (χ1) is 14.3. The average Bonchev–Trinajstić information content (AvgIpc) is 3.13. The molecule has 0 aliphatic rings. The van der Waals surface area contributed by atoms with Gasteiger partial charge in [0.25, 0.3) is 5.56 Å². The quantitative estimate of drug-likeness (QED) is 0.439. The van der Waals surface area contributed by atoms with E-state index >= 15 is 0 Å². The largest absolute Gasteiger partial charge is 0.508 e. The highest BCUT2D eigenvalue weighted by atomic mass is 16.3. The SMILES string of the molecule is Cc1ccc(Cn2cnc3c2c(=O)n(Cc2ccc(O)c(O)c2)c(=O)n3C)cc1O. The molecular formula is C21H20N4O5. The summed E-state index contributed by atoms with van der Waals surface area (Å²) in [6, 6.07) is 9.39. The second-order valence-electron chi connectivity index (χ2n) is 7.22. The summed E-state index contributed by atoms with van der Waals surface area (Å²) in [4.78, 5) is 30.1. The minimum atomic E-state index is -0.543. The Morgan fingerprint density at radius 3 is 2.27 bits per heavy atom. The van der Waals surface area contributed by atoms with Crippen molar-refractivity contribution in [2.45, 2.75) is 20.0 Å². The number of aromatic nitrogens is 4. The molecule has 154 valence electrons. The Kier molecular flexibility index (Phi) is 4.57. The third-order valence-electron chi connectivity index (χ3n) is 5.11. The Balaban J connectivity index is 1.83. The van der Waals surface area contributed by atoms with Gasteiger partial charge in [0.05, 0.1) is 12.9 Å². The fourth-order valence-electron chi connectivity index (χ4n) is 3.38. The summed E-state index contributed by atoms with van der Waals surface area (Å²) in [6.07, 6.45) is 1.49. The van der Waals surface area contributed by atoms with Gasteiger partial charge in [0.2, 0.25) is 0 Å². The van der Waals surface area contributed by atoms with E-state index in [9.17, 15) is 24.9 Å². The maximum absolute atomic E-state index is 13.2. The Bertz CT molecular complexity index is 1400. The Labute approximate surface area is 170 Å². The van der Waals surface area contributed by atoms with Crippen LogP contribution in [0.25, 0.3) is 11.2 Å². The molecule has 9 nitrogen and oxygen atoms in total. The first-order valence-corrected chi connectivity index (χ1v) is 9.20. The third-order valence-corrected chi connectivity index (χ3v) is 5.11. The summed E-state index contributed by atoms with van der Waals surface area (Å²) in [5.74, 6) is -0.453. The van der Waals surface area contributed by atoms with Gasteiger partial charge in [-0.3, -0.25) is 13.9 Å². The first-order valence-electron chi connectivity index (χ1n) is 9.20. The van der Waals surface area contributed by atoms with Crippen molar-refractivity contribution in [2.24, 2.45) is 7.05 Å². The molecule has 0 bridgehead atoms. The predicted octanol–water partition coefficient (Wildman–Crippen LogP) is 1.42. The van der Waals surface area contributed by atoms with E-state index in [1.54, 1.807) is 23.6 Å². The molecule has 0 aliphatic heterocycles. The van der Waals surface area contributed by atoms with Gasteiger partial charge in [-0.1, -0.05) is 18.2 Å². The van der Waals surface area contributed by atoms with Crippen LogP contribution < -0.4 is 11.2 Å². The first kappa shape index (κ1) is 19.3. The standard InChI is InChI=1S/C21H20N4O5/c1-12-3-4-13(7-16(12)27)9-24-11-22-19-18(24)20(29)25(21(30)23(19)2)10-14-5-6-15(26)17(28)8-14/h3-8,11,26-28H,9-10H2,1-2H3. The van der Waals surface area contributed by atoms with Crippen LogP contribution in [0.1, 0.15) is 16.7 Å². The van der Waals surface area contributed by atoms with Gasteiger partial charge < -0.3 is 19.9 Å². The molecule has 0 saturated carbocycles. The van der Waals surface area contributed by atoms with Crippen molar-refractivity contribution < 1.29 is 15.3 Å². The maximum atomic E-state index is 13.2. The number of imidazole rings is 1. The van der Waals surface area contributed by atoms with E-state index in [0.717, 1.165) is 15.7 Å². The number of rotatable bonds is 4. The van der Waals surface area contributed by atoms with Gasteiger partial charge >= 0.3 is 5.69 Å². The number of phenols is 3. The number of hydrogen-bond acceptors (Lipinski definition) is 6. The van der Waals surface area contributed by atoms with Gasteiger partial charge in [-0.05, 0) is 41.8 Å². The van der Waals surface area contributed by atoms with E-state index in [0.29, 0.717) is 5.56 Å². The summed E-state index contributed by atoms with van der Waals surface area (Å²) in [5, 5.41) is 29.1. The van der Waals surface area contributed by atoms with Gasteiger partial charge in [0.1, 0.15) is 5.75 Å². The van der Waals surface area contributed by atoms with E-state index in [2.05, 4.69) is 4.98 Å². The minimum Gasteiger partial charge on any atom is -0.508 e. The van der Waals surface area contributed by atoms with Gasteiger partial charge in [-0.15, -0.1) is 0 Å². The second kappa shape index (κ2) is 7.11. The molecule has 3 N–H and O–H groups in total. The van der Waals surface area contributed by atoms with Crippen LogP contribution in [0.3, 0.4) is 0 Å². The Morgan fingerprint density at radius 1 is 0.900 bits per heavy atom. The normalized spacial score (nSPS) is 11.3. The molecule has 4 aromatic rings. The van der Waals surface area contributed by atoms with E-state index < -0.39 is 11.2 Å². The minimum absolute atomic E-state index is 0.0776. The fourth-order valence-corrected chi connectivity index (χ4v) is 3.38. The topological polar surface area (TPSA) is 123 Å². The zero-order chi connectivity index (χ0) is 21.6. The number of fused-ring (bicyclic) bond motifs is 1. The predicted molar refractivity (Wildman–Crippen MR) is 110 cm³/mol. The van der Waals surface area contributed by atoms with Crippen LogP contribution in [0, 0.1) is 6.92 Å². The van der Waals surface area contributed by atoms with Crippen molar-refractivity contribution in [2.75, 3.05) is 0 Å². The highest BCUT2D eigenvalue weighted by Gasteiger charge is 2.17. The molecule has 0 aliphatic carbocycles. The van der Waals surface area contributed by atoms with Gasteiger partial charge in [0, 0.05) is 13.6 Å². The molecule has 9 heteroatoms. The number of aryl methyl sites for hydroxylation is 2. The van der Waals surface area contributed by atoms with E-state index in [4.69, 9.17) is 0 Å². The van der Waals surface area contributed by atoms with E-state index in [1.807, 2.05) is 6.07 Å². The molecular weight excluding hydrogens is 388 g/mol. The second-order valence-corrected chi connectivity index (χ2v) is 7.22. The lowest BCUT2D eigenvalue weighted by Gasteiger charge is -2.11. The summed E-state index contributed by atoms with van der Waals surface area (Å²) in [5.41, 5.74) is 1.45. The molecule has 2 aromatic carbocycles. The van der Waals surface area contributed by atoms with Crippen LogP contribution in [0.5, 0.6) is 17.2 Å². The molecule has 0 amide bonds. The molecule has 0 radical (unpaired) electrons. The Morgan fingerprint density at radius 2 is 1.57 bits per heavy atom. The molecule has 0 spiro atoms. The number of benzene rings is 2. The van der Waals surface area contributed by atoms with Crippen molar-refractivity contribution in [3.63, 3.8) is 0 Å². The summed E-state index contributed by atoms with van der Waals surface area (Å²) in [6.45, 7) is 2.00. The van der Waals surface area contributed by atoms with Crippen molar-refractivity contribution in [3.05, 3.63) is 80.3 Å². The smallest absolute Gasteiger partial charge is 0.332 e. The van der Waals surface area contributed by atoms with Gasteiger partial charge in [-0.2, -0.15) is 0 Å². The lowest BCUT2D eigenvalue weighted by Crippen LogP contribution is -2.40. The lowest BCUT2D eigenvalue weighted by atomic mass is 10.1. The monoisotopic (exact) mass is 408 g/mol. The van der Waals surface area contributed by atoms with Crippen LogP contribution in [0.2, 0.25) is 0 Å². The van der Waals surface area contributed by atoms with Crippen LogP contribution in [0.15, 0.2) is 52.3 Å². The van der Waals surface area contributed by atoms with Crippen molar-refractivity contribution in [1.82, 2.24) is 18.7 Å². The molecule has 0 unspecified atom stereocenters. The molecule has 4 rings (SSSR count). The van der Waals surface area contributed by atoms with Crippen LogP contribution >= 0.6 is 0 Å². The number of nitrogens with zero attached hydrogens (tertiary/aromatic N) is 4. The van der Waals surface area contributed by atoms with Crippen LogP contribution in [-0.2, 0) is 20.1 Å². The lowest BCUT2D eigenvalue weighted by molar-refractivity contribution is 0.403. The van der Waals surface area contributed by atoms with E-state index in [-0.39, 0.29) is 41.5 Å². The number of aromatic hydroxyl groups is 3. The average molecular weight is 408 g/mol. The van der Waals surface area contributed by atoms with Crippen molar-refractivity contribution in [3.8, 4) is 17.2 Å². The molecule has 0 fully saturated rings. The van der Waals surface area contributed by atoms with Crippen LogP contribution in [-0.4, -0.2) is 34.0 Å². The van der Waals surface area contributed by atoms with Crippen molar-refractivity contribution in [1.29, 1.82) is 0 Å². The molecule has 0 atom stereocenters. The molecule has 30 heavy (non-hydrogen) atoms. The highest BCUT2D eigenvalue weighted by Crippen LogP contribution is 2.25. The van der Waals surface area contributed by atoms with Gasteiger partial charge in [-0.25, -0.2) is 9.78 Å². The molecule has 2 aromatic heterocycles. The summed E-state index contributed by atoms with van der Waals surface area (Å²) < 4.78 is 3.98. The number of hydrogen-bond donors (Lipinski definition) is 3. The van der Waals surface area contributed by atoms with Gasteiger partial charge in [0.15, 0.2) is 22.7 Å². The molecule has 2 heterocycles. The number of phenolic OH excluding ortho intramolecular Hbond substituents is 3. The molecule has 0 saturated heterocycles. The van der Waals surface area contributed by atoms with Crippen LogP contribution in [0.4, 0.5) is 0 Å². The van der Waals surface area contributed by atoms with E-state index in [1.165, 1.54) is 36.1 Å². The zero-order valence-corrected chi connectivity index (χ0v) is 16.4.